The van der Waals surface area contributed by atoms with Crippen molar-refractivity contribution in [3.8, 4) is 11.5 Å². The number of hydrogen-bond donors (Lipinski definition) is 0. The minimum absolute atomic E-state index is 0.162. The SMILES string of the molecule is COc1ccccc1C=CC1=NC(=Cc2cccc(OC(C)=O)c2)C(=O)O1. The highest BCUT2D eigenvalue weighted by Gasteiger charge is 2.21. The van der Waals surface area contributed by atoms with E-state index in [9.17, 15) is 9.59 Å². The number of cyclic esters (lactones) is 1. The van der Waals surface area contributed by atoms with E-state index in [4.69, 9.17) is 14.2 Å². The summed E-state index contributed by atoms with van der Waals surface area (Å²) < 4.78 is 15.5. The lowest BCUT2D eigenvalue weighted by molar-refractivity contribution is -0.132. The third kappa shape index (κ3) is 4.70. The Balaban J connectivity index is 1.81. The summed E-state index contributed by atoms with van der Waals surface area (Å²) in [6.07, 6.45) is 4.93. The molecule has 3 rings (SSSR count). The Morgan fingerprint density at radius 2 is 1.93 bits per heavy atom. The first-order chi connectivity index (χ1) is 13.0. The molecule has 0 unspecified atom stereocenters. The van der Waals surface area contributed by atoms with Gasteiger partial charge in [0.1, 0.15) is 11.5 Å². The summed E-state index contributed by atoms with van der Waals surface area (Å²) >= 11 is 0. The zero-order chi connectivity index (χ0) is 19.2. The molecule has 0 N–H and O–H groups in total. The summed E-state index contributed by atoms with van der Waals surface area (Å²) in [5.41, 5.74) is 1.67. The summed E-state index contributed by atoms with van der Waals surface area (Å²) in [5, 5.41) is 0. The van der Waals surface area contributed by atoms with Crippen LogP contribution in [0.3, 0.4) is 0 Å². The summed E-state index contributed by atoms with van der Waals surface area (Å²) in [4.78, 5) is 27.3. The van der Waals surface area contributed by atoms with Crippen LogP contribution in [0.1, 0.15) is 18.1 Å². The van der Waals surface area contributed by atoms with Crippen LogP contribution in [-0.2, 0) is 14.3 Å². The molecule has 136 valence electrons. The first-order valence-electron chi connectivity index (χ1n) is 8.17. The molecule has 0 bridgehead atoms. The number of methoxy groups -OCH3 is 1. The summed E-state index contributed by atoms with van der Waals surface area (Å²) in [6.45, 7) is 1.32. The molecule has 0 spiro atoms. The van der Waals surface area contributed by atoms with Crippen molar-refractivity contribution in [3.63, 3.8) is 0 Å². The average molecular weight is 363 g/mol. The van der Waals surface area contributed by atoms with Gasteiger partial charge in [0, 0.05) is 18.6 Å². The van der Waals surface area contributed by atoms with Gasteiger partial charge in [0.05, 0.1) is 7.11 Å². The molecular weight excluding hydrogens is 346 g/mol. The zero-order valence-electron chi connectivity index (χ0n) is 14.8. The highest BCUT2D eigenvalue weighted by molar-refractivity contribution is 6.11. The van der Waals surface area contributed by atoms with Crippen LogP contribution in [0.5, 0.6) is 11.5 Å². The Kier molecular flexibility index (Phi) is 5.47. The second kappa shape index (κ2) is 8.14. The van der Waals surface area contributed by atoms with Crippen LogP contribution in [0.2, 0.25) is 0 Å². The lowest BCUT2D eigenvalue weighted by Gasteiger charge is -2.02. The molecule has 0 aliphatic carbocycles. The first-order valence-corrected chi connectivity index (χ1v) is 8.17. The van der Waals surface area contributed by atoms with Crippen LogP contribution in [0.15, 0.2) is 65.3 Å². The van der Waals surface area contributed by atoms with E-state index in [0.29, 0.717) is 17.1 Å². The van der Waals surface area contributed by atoms with Gasteiger partial charge < -0.3 is 14.2 Å². The van der Waals surface area contributed by atoms with Gasteiger partial charge in [0.2, 0.25) is 5.90 Å². The number of aliphatic imine (C=N–C) groups is 1. The molecule has 0 saturated heterocycles. The van der Waals surface area contributed by atoms with Gasteiger partial charge in [-0.2, -0.15) is 0 Å². The number of ether oxygens (including phenoxy) is 3. The predicted molar refractivity (Wildman–Crippen MR) is 101 cm³/mol. The van der Waals surface area contributed by atoms with Crippen LogP contribution in [0.25, 0.3) is 12.2 Å². The van der Waals surface area contributed by atoms with E-state index in [1.54, 1.807) is 49.6 Å². The zero-order valence-corrected chi connectivity index (χ0v) is 14.8. The number of nitrogens with zero attached hydrogens (tertiary/aromatic N) is 1. The molecule has 2 aromatic carbocycles. The summed E-state index contributed by atoms with van der Waals surface area (Å²) in [5.74, 6) is 0.322. The maximum Gasteiger partial charge on any atom is 0.363 e. The largest absolute Gasteiger partial charge is 0.496 e. The number of rotatable bonds is 5. The Morgan fingerprint density at radius 1 is 1.11 bits per heavy atom. The van der Waals surface area contributed by atoms with Gasteiger partial charge in [-0.15, -0.1) is 0 Å². The maximum absolute atomic E-state index is 12.0. The molecule has 27 heavy (non-hydrogen) atoms. The fourth-order valence-electron chi connectivity index (χ4n) is 2.45. The second-order valence-electron chi connectivity index (χ2n) is 5.61. The fraction of sp³-hybridized carbons (Fsp3) is 0.0952. The van der Waals surface area contributed by atoms with Gasteiger partial charge in [0.25, 0.3) is 0 Å². The van der Waals surface area contributed by atoms with Gasteiger partial charge >= 0.3 is 11.9 Å². The van der Waals surface area contributed by atoms with Crippen molar-refractivity contribution in [2.75, 3.05) is 7.11 Å². The van der Waals surface area contributed by atoms with E-state index in [1.807, 2.05) is 24.3 Å². The number of hydrogen-bond acceptors (Lipinski definition) is 6. The average Bonchev–Trinajstić information content (AvgIpc) is 2.99. The second-order valence-corrected chi connectivity index (χ2v) is 5.61. The monoisotopic (exact) mass is 363 g/mol. The highest BCUT2D eigenvalue weighted by Crippen LogP contribution is 2.22. The molecule has 6 heteroatoms. The van der Waals surface area contributed by atoms with Crippen molar-refractivity contribution in [1.29, 1.82) is 0 Å². The highest BCUT2D eigenvalue weighted by atomic mass is 16.6. The van der Waals surface area contributed by atoms with E-state index in [0.717, 1.165) is 5.56 Å². The summed E-state index contributed by atoms with van der Waals surface area (Å²) in [6, 6.07) is 14.2. The minimum atomic E-state index is -0.549. The van der Waals surface area contributed by atoms with E-state index < -0.39 is 11.9 Å². The number of esters is 2. The van der Waals surface area contributed by atoms with Crippen molar-refractivity contribution in [2.45, 2.75) is 6.92 Å². The Morgan fingerprint density at radius 3 is 2.70 bits per heavy atom. The molecule has 0 atom stereocenters. The van der Waals surface area contributed by atoms with E-state index in [-0.39, 0.29) is 11.6 Å². The summed E-state index contributed by atoms with van der Waals surface area (Å²) in [7, 11) is 1.59. The standard InChI is InChI=1S/C21H17NO5/c1-14(23)26-17-8-5-6-15(12-17)13-18-21(24)27-20(22-18)11-10-16-7-3-4-9-19(16)25-2/h3-13H,1-2H3. The minimum Gasteiger partial charge on any atom is -0.496 e. The number of carbonyl (C=O) groups excluding carboxylic acids is 2. The Hall–Kier alpha value is -3.67. The smallest absolute Gasteiger partial charge is 0.363 e. The third-order valence-electron chi connectivity index (χ3n) is 3.60. The molecule has 6 nitrogen and oxygen atoms in total. The van der Waals surface area contributed by atoms with Crippen LogP contribution in [0.4, 0.5) is 0 Å². The molecule has 1 aliphatic rings. The molecule has 1 aliphatic heterocycles. The quantitative estimate of drug-likeness (QED) is 0.461. The van der Waals surface area contributed by atoms with E-state index >= 15 is 0 Å². The molecule has 0 saturated carbocycles. The number of benzene rings is 2. The van der Waals surface area contributed by atoms with Gasteiger partial charge in [0.15, 0.2) is 5.70 Å². The molecule has 0 fully saturated rings. The number of para-hydroxylation sites is 1. The fourth-order valence-corrected chi connectivity index (χ4v) is 2.45. The van der Waals surface area contributed by atoms with Crippen molar-refractivity contribution in [3.05, 3.63) is 71.4 Å². The lowest BCUT2D eigenvalue weighted by Crippen LogP contribution is -2.02. The van der Waals surface area contributed by atoms with Gasteiger partial charge in [-0.1, -0.05) is 30.3 Å². The topological polar surface area (TPSA) is 74.2 Å². The maximum atomic E-state index is 12.0. The molecule has 0 amide bonds. The van der Waals surface area contributed by atoms with Gasteiger partial charge in [-0.25, -0.2) is 9.79 Å². The van der Waals surface area contributed by atoms with Crippen LogP contribution in [-0.4, -0.2) is 24.9 Å². The van der Waals surface area contributed by atoms with E-state index in [2.05, 4.69) is 4.99 Å². The van der Waals surface area contributed by atoms with Gasteiger partial charge in [-0.3, -0.25) is 4.79 Å². The van der Waals surface area contributed by atoms with Crippen LogP contribution < -0.4 is 9.47 Å². The molecule has 1 heterocycles. The normalized spacial score (nSPS) is 15.0. The van der Waals surface area contributed by atoms with Crippen molar-refractivity contribution >= 4 is 30.0 Å². The third-order valence-corrected chi connectivity index (χ3v) is 3.60. The van der Waals surface area contributed by atoms with Crippen molar-refractivity contribution in [2.24, 2.45) is 4.99 Å². The number of carbonyl (C=O) groups is 2. The first kappa shape index (κ1) is 18.1. The van der Waals surface area contributed by atoms with Crippen molar-refractivity contribution < 1.29 is 23.8 Å². The molecular formula is C21H17NO5. The van der Waals surface area contributed by atoms with E-state index in [1.165, 1.54) is 6.92 Å². The molecule has 2 aromatic rings. The Labute approximate surface area is 156 Å². The molecule has 0 aromatic heterocycles. The predicted octanol–water partition coefficient (Wildman–Crippen LogP) is 3.63. The molecule has 0 radical (unpaired) electrons. The van der Waals surface area contributed by atoms with Crippen molar-refractivity contribution in [1.82, 2.24) is 0 Å². The van der Waals surface area contributed by atoms with Crippen LogP contribution >= 0.6 is 0 Å². The Bertz CT molecular complexity index is 972. The lowest BCUT2D eigenvalue weighted by atomic mass is 10.2. The van der Waals surface area contributed by atoms with Crippen LogP contribution in [0, 0.1) is 0 Å². The van der Waals surface area contributed by atoms with Gasteiger partial charge in [-0.05, 0) is 35.9 Å².